The first-order chi connectivity index (χ1) is 24.2. The minimum Gasteiger partial charge on any atom is -0.492 e. The summed E-state index contributed by atoms with van der Waals surface area (Å²) in [6.07, 6.45) is 12.2. The van der Waals surface area contributed by atoms with Gasteiger partial charge in [0.2, 0.25) is 0 Å². The predicted octanol–water partition coefficient (Wildman–Crippen LogP) is 10.4. The molecule has 1 aliphatic rings. The van der Waals surface area contributed by atoms with Crippen LogP contribution in [0.4, 0.5) is 4.39 Å². The molecule has 0 aliphatic heterocycles. The Bertz CT molecular complexity index is 1560. The molecule has 0 spiro atoms. The van der Waals surface area contributed by atoms with Crippen LogP contribution in [-0.4, -0.2) is 19.2 Å². The number of rotatable bonds is 20. The quantitative estimate of drug-likeness (QED) is 0.0773. The fourth-order valence-electron chi connectivity index (χ4n) is 6.88. The van der Waals surface area contributed by atoms with Gasteiger partial charge in [-0.2, -0.15) is 21.0 Å². The summed E-state index contributed by atoms with van der Waals surface area (Å²) in [7, 11) is 0. The lowest BCUT2D eigenvalue weighted by Gasteiger charge is -2.30. The Morgan fingerprint density at radius 1 is 0.880 bits per heavy atom. The van der Waals surface area contributed by atoms with Gasteiger partial charge in [-0.25, -0.2) is 9.18 Å². The Hall–Kier alpha value is -4.66. The number of hydrogen-bond acceptors (Lipinski definition) is 7. The van der Waals surface area contributed by atoms with Gasteiger partial charge >= 0.3 is 5.97 Å². The second-order valence-corrected chi connectivity index (χ2v) is 13.9. The molecule has 7 nitrogen and oxygen atoms in total. The maximum Gasteiger partial charge on any atom is 0.333 e. The summed E-state index contributed by atoms with van der Waals surface area (Å²) >= 11 is 0. The second-order valence-electron chi connectivity index (χ2n) is 13.9. The van der Waals surface area contributed by atoms with Crippen molar-refractivity contribution < 1.29 is 18.7 Å². The van der Waals surface area contributed by atoms with E-state index >= 15 is 4.39 Å². The molecular weight excluding hydrogens is 627 g/mol. The fourth-order valence-corrected chi connectivity index (χ4v) is 6.88. The van der Waals surface area contributed by atoms with Crippen LogP contribution in [0.2, 0.25) is 0 Å². The van der Waals surface area contributed by atoms with E-state index < -0.39 is 11.4 Å². The Balaban J connectivity index is 1.97. The van der Waals surface area contributed by atoms with Crippen LogP contribution >= 0.6 is 0 Å². The van der Waals surface area contributed by atoms with Crippen molar-refractivity contribution in [3.05, 3.63) is 65.0 Å². The average molecular weight is 679 g/mol. The number of hydrogen-bond donors (Lipinski definition) is 0. The molecule has 2 aromatic carbocycles. The van der Waals surface area contributed by atoms with E-state index in [1.165, 1.54) is 45.4 Å². The topological polar surface area (TPSA) is 131 Å². The number of nitriles is 4. The van der Waals surface area contributed by atoms with Crippen LogP contribution in [0.3, 0.4) is 0 Å². The first-order valence-electron chi connectivity index (χ1n) is 18.1. The van der Waals surface area contributed by atoms with E-state index in [2.05, 4.69) is 43.8 Å². The van der Waals surface area contributed by atoms with Crippen LogP contribution in [0.5, 0.6) is 5.75 Å². The number of unbranched alkanes of at least 4 members (excludes halogenated alkanes) is 4. The maximum atomic E-state index is 16.0. The van der Waals surface area contributed by atoms with E-state index in [1.54, 1.807) is 6.07 Å². The SMILES string of the molecule is C=C(C)C(=O)OCC(CC#N)(CC#N)COc1c(CCCC#N)cc(-c2ccc(C3CCC(CCCCC)CC3)cc2F)cc1CCCC#N. The van der Waals surface area contributed by atoms with E-state index in [1.807, 2.05) is 18.2 Å². The lowest BCUT2D eigenvalue weighted by molar-refractivity contribution is -0.143. The highest BCUT2D eigenvalue weighted by Gasteiger charge is 2.34. The van der Waals surface area contributed by atoms with Crippen molar-refractivity contribution >= 4 is 5.97 Å². The summed E-state index contributed by atoms with van der Waals surface area (Å²) in [4.78, 5) is 12.2. The molecule has 0 N–H and O–H groups in total. The van der Waals surface area contributed by atoms with Crippen molar-refractivity contribution in [2.45, 2.75) is 122 Å². The zero-order valence-electron chi connectivity index (χ0n) is 29.9. The summed E-state index contributed by atoms with van der Waals surface area (Å²) < 4.78 is 27.9. The van der Waals surface area contributed by atoms with Crippen molar-refractivity contribution in [2.75, 3.05) is 13.2 Å². The third-order valence-electron chi connectivity index (χ3n) is 9.84. The molecule has 2 aromatic rings. The minimum atomic E-state index is -1.10. The van der Waals surface area contributed by atoms with Gasteiger partial charge < -0.3 is 9.47 Å². The van der Waals surface area contributed by atoms with Crippen molar-refractivity contribution in [2.24, 2.45) is 11.3 Å². The van der Waals surface area contributed by atoms with Crippen LogP contribution in [-0.2, 0) is 22.4 Å². The largest absolute Gasteiger partial charge is 0.492 e. The zero-order chi connectivity index (χ0) is 36.4. The van der Waals surface area contributed by atoms with Gasteiger partial charge in [-0.1, -0.05) is 51.3 Å². The summed E-state index contributed by atoms with van der Waals surface area (Å²) in [6, 6.07) is 18.0. The molecule has 0 aromatic heterocycles. The third kappa shape index (κ3) is 11.7. The molecule has 264 valence electrons. The van der Waals surface area contributed by atoms with Crippen LogP contribution in [0.15, 0.2) is 42.5 Å². The predicted molar refractivity (Wildman–Crippen MR) is 192 cm³/mol. The highest BCUT2D eigenvalue weighted by Crippen LogP contribution is 2.40. The Morgan fingerprint density at radius 2 is 1.50 bits per heavy atom. The van der Waals surface area contributed by atoms with Gasteiger partial charge in [0.25, 0.3) is 0 Å². The van der Waals surface area contributed by atoms with Gasteiger partial charge in [-0.15, -0.1) is 0 Å². The molecule has 3 rings (SSSR count). The number of aryl methyl sites for hydroxylation is 2. The van der Waals surface area contributed by atoms with E-state index in [9.17, 15) is 25.8 Å². The number of nitrogens with zero attached hydrogens (tertiary/aromatic N) is 4. The van der Waals surface area contributed by atoms with Crippen molar-refractivity contribution in [3.8, 4) is 41.2 Å². The minimum absolute atomic E-state index is 0.0860. The van der Waals surface area contributed by atoms with Gasteiger partial charge in [0.1, 0.15) is 18.2 Å². The lowest BCUT2D eigenvalue weighted by Crippen LogP contribution is -2.35. The van der Waals surface area contributed by atoms with E-state index in [0.717, 1.165) is 35.4 Å². The molecule has 1 saturated carbocycles. The lowest BCUT2D eigenvalue weighted by atomic mass is 9.77. The number of benzene rings is 2. The van der Waals surface area contributed by atoms with E-state index in [0.29, 0.717) is 61.3 Å². The van der Waals surface area contributed by atoms with Gasteiger partial charge in [-0.3, -0.25) is 0 Å². The average Bonchev–Trinajstić information content (AvgIpc) is 3.10. The Labute approximate surface area is 298 Å². The number of carbonyl (C=O) groups is 1. The Kier molecular flexibility index (Phi) is 16.5. The van der Waals surface area contributed by atoms with Gasteiger partial charge in [0, 0.05) is 36.8 Å². The molecule has 0 radical (unpaired) electrons. The molecule has 0 saturated heterocycles. The summed E-state index contributed by atoms with van der Waals surface area (Å²) in [5, 5.41) is 37.9. The molecule has 50 heavy (non-hydrogen) atoms. The molecule has 8 heteroatoms. The van der Waals surface area contributed by atoms with Crippen molar-refractivity contribution in [1.29, 1.82) is 21.0 Å². The normalized spacial score (nSPS) is 15.6. The zero-order valence-corrected chi connectivity index (χ0v) is 29.9. The highest BCUT2D eigenvalue weighted by molar-refractivity contribution is 5.86. The van der Waals surface area contributed by atoms with E-state index in [-0.39, 0.29) is 37.4 Å². The summed E-state index contributed by atoms with van der Waals surface area (Å²) in [5.74, 6) is 0.763. The number of carbonyl (C=O) groups excluding carboxylic acids is 1. The molecule has 1 aliphatic carbocycles. The molecule has 0 unspecified atom stereocenters. The first-order valence-corrected chi connectivity index (χ1v) is 18.1. The monoisotopic (exact) mass is 678 g/mol. The number of halogens is 1. The van der Waals surface area contributed by atoms with Gasteiger partial charge in [0.15, 0.2) is 0 Å². The summed E-state index contributed by atoms with van der Waals surface area (Å²) in [5.41, 5.74) is 2.86. The smallest absolute Gasteiger partial charge is 0.333 e. The third-order valence-corrected chi connectivity index (χ3v) is 9.84. The van der Waals surface area contributed by atoms with Gasteiger partial charge in [0.05, 0.1) is 36.3 Å². The summed E-state index contributed by atoms with van der Waals surface area (Å²) in [6.45, 7) is 7.07. The van der Waals surface area contributed by atoms with Gasteiger partial charge in [-0.05, 0) is 111 Å². The van der Waals surface area contributed by atoms with Crippen molar-refractivity contribution in [1.82, 2.24) is 0 Å². The maximum absolute atomic E-state index is 16.0. The second kappa shape index (κ2) is 20.8. The molecule has 0 amide bonds. The molecule has 0 heterocycles. The number of esters is 1. The first kappa shape index (κ1) is 39.8. The van der Waals surface area contributed by atoms with E-state index in [4.69, 9.17) is 9.47 Å². The van der Waals surface area contributed by atoms with Crippen LogP contribution in [0.1, 0.15) is 126 Å². The van der Waals surface area contributed by atoms with Crippen LogP contribution in [0.25, 0.3) is 11.1 Å². The van der Waals surface area contributed by atoms with Crippen LogP contribution in [0, 0.1) is 62.5 Å². The Morgan fingerprint density at radius 3 is 2.02 bits per heavy atom. The fraction of sp³-hybridized carbons (Fsp3) is 0.548. The molecule has 0 bridgehead atoms. The molecule has 0 atom stereocenters. The number of ether oxygens (including phenoxy) is 2. The van der Waals surface area contributed by atoms with Crippen LogP contribution < -0.4 is 4.74 Å². The highest BCUT2D eigenvalue weighted by atomic mass is 19.1. The van der Waals surface area contributed by atoms with Crippen molar-refractivity contribution in [3.63, 3.8) is 0 Å². The molecule has 1 fully saturated rings. The standard InChI is InChI=1S/C42H51FN4O3/c1-4-5-6-11-32-14-16-33(17-15-32)34-18-19-38(39(43)28-34)37-26-35(12-7-9-22-44)40(36(27-37)13-8-10-23-45)49-29-42(20-24-46,21-25-47)30-50-41(48)31(2)3/h18-19,26-28,32-33H,2,4-17,20-21,29-30H2,1,3H3. The molecular formula is C42H51FN4O3.